The van der Waals surface area contributed by atoms with Crippen LogP contribution < -0.4 is 43.7 Å². The number of unbranched alkanes of at least 4 members (excludes halogenated alkanes) is 14. The molecule has 0 bridgehead atoms. The standard InChI is InChI=1S/C39H61N4O2S.HI/c1-4-5-6-7-8-9-10-11-12-13-14-15-16-17-18-19-32-30-35-39(38(41(2)3)37(32)43-24-28-45-29-25-43)46-36-31-33(20-21-34(36)40-35)42-22-26-44-27-23-42;/h20-21,30-31H,4-19,22-29H2,1-3H3;1H/q+1;/p-1. The number of anilines is 2. The van der Waals surface area contributed by atoms with Crippen molar-refractivity contribution in [2.24, 2.45) is 0 Å². The van der Waals surface area contributed by atoms with Gasteiger partial charge in [-0.25, -0.2) is 9.56 Å². The van der Waals surface area contributed by atoms with E-state index in [1.54, 1.807) is 0 Å². The fraction of sp³-hybridized carbons (Fsp3) is 0.692. The van der Waals surface area contributed by atoms with Gasteiger partial charge in [-0.1, -0.05) is 96.8 Å². The summed E-state index contributed by atoms with van der Waals surface area (Å²) < 4.78 is 15.2. The van der Waals surface area contributed by atoms with Crippen LogP contribution in [0.2, 0.25) is 0 Å². The summed E-state index contributed by atoms with van der Waals surface area (Å²) in [7, 11) is 4.41. The molecule has 2 fully saturated rings. The minimum atomic E-state index is 0. The lowest BCUT2D eigenvalue weighted by Crippen LogP contribution is -3.00. The first kappa shape index (κ1) is 38.3. The predicted octanol–water partition coefficient (Wildman–Crippen LogP) is 5.52. The summed E-state index contributed by atoms with van der Waals surface area (Å²) in [6, 6.07) is 9.22. The van der Waals surface area contributed by atoms with E-state index in [9.17, 15) is 0 Å². The van der Waals surface area contributed by atoms with Gasteiger partial charge in [0, 0.05) is 38.4 Å². The average Bonchev–Trinajstić information content (AvgIpc) is 3.09. The van der Waals surface area contributed by atoms with Gasteiger partial charge in [-0.2, -0.15) is 0 Å². The molecule has 4 aliphatic rings. The fourth-order valence-corrected chi connectivity index (χ4v) is 8.43. The van der Waals surface area contributed by atoms with Gasteiger partial charge in [0.05, 0.1) is 34.0 Å². The Labute approximate surface area is 306 Å². The Morgan fingerprint density at radius 1 is 0.766 bits per heavy atom. The first-order chi connectivity index (χ1) is 22.7. The molecular weight excluding hydrogens is 715 g/mol. The maximum Gasteiger partial charge on any atom is 0.228 e. The first-order valence-corrected chi connectivity index (χ1v) is 19.5. The number of morpholine rings is 2. The summed E-state index contributed by atoms with van der Waals surface area (Å²) in [6.45, 7) is 9.29. The highest BCUT2D eigenvalue weighted by Crippen LogP contribution is 2.38. The zero-order valence-corrected chi connectivity index (χ0v) is 32.6. The van der Waals surface area contributed by atoms with Crippen LogP contribution in [0.5, 0.6) is 0 Å². The number of benzene rings is 2. The summed E-state index contributed by atoms with van der Waals surface area (Å²) in [5.74, 6) is 0. The van der Waals surface area contributed by atoms with Crippen molar-refractivity contribution in [1.29, 1.82) is 0 Å². The van der Waals surface area contributed by atoms with Crippen molar-refractivity contribution >= 4 is 32.9 Å². The number of halogens is 1. The molecule has 0 unspecified atom stereocenters. The van der Waals surface area contributed by atoms with Crippen LogP contribution >= 0.6 is 11.3 Å². The molecule has 0 spiro atoms. The maximum absolute atomic E-state index is 5.79. The number of aromatic nitrogens is 1. The predicted molar refractivity (Wildman–Crippen MR) is 198 cm³/mol. The Morgan fingerprint density at radius 2 is 1.34 bits per heavy atom. The Hall–Kier alpha value is -1.49. The molecule has 262 valence electrons. The summed E-state index contributed by atoms with van der Waals surface area (Å²) >= 11 is 1.90. The third kappa shape index (κ3) is 11.3. The number of nitrogens with zero attached hydrogens (tertiary/aromatic N) is 4. The third-order valence-electron chi connectivity index (χ3n) is 9.88. The van der Waals surface area contributed by atoms with E-state index in [0.29, 0.717) is 0 Å². The molecule has 1 aromatic carbocycles. The molecule has 0 N–H and O–H groups in total. The van der Waals surface area contributed by atoms with Crippen LogP contribution in [-0.2, 0) is 15.9 Å². The lowest BCUT2D eigenvalue weighted by Gasteiger charge is -2.29. The quantitative estimate of drug-likeness (QED) is 0.0737. The van der Waals surface area contributed by atoms with Crippen molar-refractivity contribution in [2.45, 2.75) is 110 Å². The molecule has 47 heavy (non-hydrogen) atoms. The Kier molecular flexibility index (Phi) is 17.0. The Balaban J connectivity index is 0.00000500. The molecule has 0 aromatic heterocycles. The number of hydrogen-bond acceptors (Lipinski definition) is 6. The van der Waals surface area contributed by atoms with E-state index in [1.807, 2.05) is 11.3 Å². The molecule has 6 nitrogen and oxygen atoms in total. The zero-order chi connectivity index (χ0) is 32.0. The second-order valence-corrected chi connectivity index (χ2v) is 14.8. The van der Waals surface area contributed by atoms with Gasteiger partial charge in [-0.05, 0) is 37.1 Å². The minimum absolute atomic E-state index is 0. The van der Waals surface area contributed by atoms with E-state index in [1.165, 1.54) is 128 Å². The molecule has 5 rings (SSSR count). The van der Waals surface area contributed by atoms with Gasteiger partial charge in [0.1, 0.15) is 18.9 Å². The van der Waals surface area contributed by atoms with E-state index in [2.05, 4.69) is 59.7 Å². The lowest BCUT2D eigenvalue weighted by atomic mass is 10.00. The molecule has 3 heterocycles. The lowest BCUT2D eigenvalue weighted by molar-refractivity contribution is -0.0000111. The van der Waals surface area contributed by atoms with E-state index < -0.39 is 0 Å². The topological polar surface area (TPSA) is 40.8 Å². The zero-order valence-electron chi connectivity index (χ0n) is 29.7. The monoisotopic (exact) mass is 776 g/mol. The normalized spacial score (nSPS) is 15.4. The second-order valence-electron chi connectivity index (χ2n) is 13.7. The molecule has 2 saturated heterocycles. The van der Waals surface area contributed by atoms with Crippen molar-refractivity contribution in [2.75, 3.05) is 76.5 Å². The van der Waals surface area contributed by atoms with Gasteiger partial charge in [-0.3, -0.25) is 0 Å². The largest absolute Gasteiger partial charge is 1.00 e. The van der Waals surface area contributed by atoms with E-state index in [0.717, 1.165) is 70.2 Å². The maximum atomic E-state index is 5.79. The molecule has 0 radical (unpaired) electrons. The summed E-state index contributed by atoms with van der Waals surface area (Å²) in [6.07, 6.45) is 22.1. The van der Waals surface area contributed by atoms with Gasteiger partial charge in [0.15, 0.2) is 13.1 Å². The molecule has 1 aliphatic carbocycles. The van der Waals surface area contributed by atoms with Crippen molar-refractivity contribution in [3.63, 3.8) is 0 Å². The Bertz CT molecular complexity index is 1380. The van der Waals surface area contributed by atoms with Crippen molar-refractivity contribution in [1.82, 2.24) is 9.56 Å². The van der Waals surface area contributed by atoms with Crippen LogP contribution in [0.3, 0.4) is 0 Å². The van der Waals surface area contributed by atoms with Gasteiger partial charge >= 0.3 is 0 Å². The molecule has 0 atom stereocenters. The fourth-order valence-electron chi connectivity index (χ4n) is 7.23. The summed E-state index contributed by atoms with van der Waals surface area (Å²) in [5, 5.41) is 1.41. The first-order valence-electron chi connectivity index (χ1n) is 18.7. The average molecular weight is 777 g/mol. The highest BCUT2D eigenvalue weighted by atomic mass is 127. The van der Waals surface area contributed by atoms with E-state index in [4.69, 9.17) is 14.5 Å². The van der Waals surface area contributed by atoms with Crippen LogP contribution in [0.25, 0.3) is 20.8 Å². The molecule has 0 amide bonds. The van der Waals surface area contributed by atoms with E-state index >= 15 is 0 Å². The second kappa shape index (κ2) is 20.9. The smallest absolute Gasteiger partial charge is 0.228 e. The molecular formula is C39H61IN4O2S. The van der Waals surface area contributed by atoms with Gasteiger partial charge < -0.3 is 43.3 Å². The SMILES string of the molecule is CCCCCCCCCCCCCCCCCc1cc2nc3ccc(N4CCOCC4)cc3sc-2c(N(C)C)c1=[N+]1CCOCC1.[I-]. The van der Waals surface area contributed by atoms with Crippen LogP contribution in [0.15, 0.2) is 24.3 Å². The van der Waals surface area contributed by atoms with E-state index in [-0.39, 0.29) is 24.0 Å². The Morgan fingerprint density at radius 3 is 1.94 bits per heavy atom. The van der Waals surface area contributed by atoms with Gasteiger partial charge in [0.25, 0.3) is 0 Å². The van der Waals surface area contributed by atoms with Crippen molar-refractivity contribution in [3.05, 3.63) is 35.2 Å². The summed E-state index contributed by atoms with van der Waals surface area (Å²) in [5.41, 5.74) is 6.28. The van der Waals surface area contributed by atoms with Gasteiger partial charge in [-0.15, -0.1) is 11.3 Å². The number of aryl methyl sites for hydroxylation is 1. The molecule has 8 heteroatoms. The third-order valence-corrected chi connectivity index (χ3v) is 11.0. The van der Waals surface area contributed by atoms with Crippen LogP contribution in [0.4, 0.5) is 11.4 Å². The number of ether oxygens (including phenoxy) is 2. The molecule has 1 aromatic rings. The highest BCUT2D eigenvalue weighted by molar-refractivity contribution is 7.22. The minimum Gasteiger partial charge on any atom is -1.00 e. The molecule has 0 saturated carbocycles. The molecule has 3 aliphatic heterocycles. The van der Waals surface area contributed by atoms with Gasteiger partial charge in [0.2, 0.25) is 5.36 Å². The van der Waals surface area contributed by atoms with Crippen molar-refractivity contribution in [3.8, 4) is 10.6 Å². The van der Waals surface area contributed by atoms with Crippen LogP contribution in [0.1, 0.15) is 109 Å². The number of fused-ring (bicyclic) bond motifs is 2. The number of hydrogen-bond donors (Lipinski definition) is 0. The summed E-state index contributed by atoms with van der Waals surface area (Å²) in [4.78, 5) is 11.3. The number of rotatable bonds is 18. The van der Waals surface area contributed by atoms with Crippen LogP contribution in [-0.4, -0.2) is 71.7 Å². The highest BCUT2D eigenvalue weighted by Gasteiger charge is 2.26. The van der Waals surface area contributed by atoms with Crippen molar-refractivity contribution < 1.29 is 33.5 Å². The van der Waals surface area contributed by atoms with Crippen LogP contribution in [0, 0.1) is 0 Å².